The van der Waals surface area contributed by atoms with Gasteiger partial charge in [0.05, 0.1) is 18.6 Å². The van der Waals surface area contributed by atoms with Crippen molar-refractivity contribution in [1.29, 1.82) is 0 Å². The van der Waals surface area contributed by atoms with Gasteiger partial charge in [-0.2, -0.15) is 0 Å². The van der Waals surface area contributed by atoms with Gasteiger partial charge in [0.15, 0.2) is 0 Å². The summed E-state index contributed by atoms with van der Waals surface area (Å²) in [7, 11) is 1.51. The molecule has 0 saturated heterocycles. The number of nitrogens with one attached hydrogen (secondary N) is 2. The van der Waals surface area contributed by atoms with E-state index >= 15 is 0 Å². The second kappa shape index (κ2) is 6.08. The van der Waals surface area contributed by atoms with Gasteiger partial charge in [-0.25, -0.2) is 0 Å². The van der Waals surface area contributed by atoms with Crippen molar-refractivity contribution in [2.24, 2.45) is 0 Å². The molecule has 9 nitrogen and oxygen atoms in total. The van der Waals surface area contributed by atoms with E-state index in [2.05, 4.69) is 10.4 Å². The topological polar surface area (TPSA) is 119 Å². The molecule has 132 valence electrons. The molecule has 1 aliphatic heterocycles. The third-order valence-corrected chi connectivity index (χ3v) is 4.32. The highest BCUT2D eigenvalue weighted by Crippen LogP contribution is 2.37. The van der Waals surface area contributed by atoms with E-state index in [-0.39, 0.29) is 17.4 Å². The number of H-pyrrole nitrogens is 1. The van der Waals surface area contributed by atoms with E-state index in [0.29, 0.717) is 11.3 Å². The van der Waals surface area contributed by atoms with Crippen LogP contribution in [0.5, 0.6) is 5.75 Å². The monoisotopic (exact) mass is 346 g/mol. The normalized spacial score (nSPS) is 19.4. The maximum Gasteiger partial charge on any atom is 0.301 e. The Balaban J connectivity index is 2.23. The third-order valence-electron chi connectivity index (χ3n) is 4.32. The Bertz CT molecular complexity index is 881. The fourth-order valence-corrected chi connectivity index (χ4v) is 3.14. The summed E-state index contributed by atoms with van der Waals surface area (Å²) in [6.45, 7) is 3.68. The van der Waals surface area contributed by atoms with Crippen LogP contribution in [0.1, 0.15) is 36.9 Å². The molecule has 0 fully saturated rings. The number of carbonyl (C=O) groups is 1. The molecule has 0 unspecified atom stereocenters. The van der Waals surface area contributed by atoms with E-state index in [0.717, 1.165) is 0 Å². The zero-order chi connectivity index (χ0) is 18.3. The maximum absolute atomic E-state index is 12.5. The zero-order valence-electron chi connectivity index (χ0n) is 14.0. The smallest absolute Gasteiger partial charge is 0.301 e. The summed E-state index contributed by atoms with van der Waals surface area (Å²) in [5, 5.41) is 16.7. The van der Waals surface area contributed by atoms with Crippen LogP contribution in [0.2, 0.25) is 0 Å². The highest BCUT2D eigenvalue weighted by atomic mass is 16.6. The van der Waals surface area contributed by atoms with Crippen LogP contribution < -0.4 is 15.6 Å². The Morgan fingerprint density at radius 3 is 2.40 bits per heavy atom. The van der Waals surface area contributed by atoms with Gasteiger partial charge in [0, 0.05) is 11.0 Å². The molecule has 0 spiro atoms. The number of nitrogens with zero attached hydrogens (tertiary/aromatic N) is 2. The van der Waals surface area contributed by atoms with Gasteiger partial charge < -0.3 is 10.1 Å². The van der Waals surface area contributed by atoms with Gasteiger partial charge >= 0.3 is 11.9 Å². The minimum atomic E-state index is -1.58. The molecule has 25 heavy (non-hydrogen) atoms. The number of aromatic nitrogens is 2. The molecule has 1 aromatic carbocycles. The molecule has 0 aliphatic carbocycles. The Morgan fingerprint density at radius 2 is 1.88 bits per heavy atom. The molecule has 0 radical (unpaired) electrons. The van der Waals surface area contributed by atoms with Crippen molar-refractivity contribution in [1.82, 2.24) is 9.78 Å². The number of hydrogen-bond donors (Lipinski definition) is 2. The fourth-order valence-electron chi connectivity index (χ4n) is 3.14. The molecule has 9 heteroatoms. The SMILES string of the molecule is COc1ccc([C@H]2c3c(n(C(C)C)[nH]c3=O)NC(=O)[C@H]2[N+](=O)[O-])cc1. The Labute approximate surface area is 142 Å². The molecule has 2 aromatic rings. The van der Waals surface area contributed by atoms with E-state index < -0.39 is 28.3 Å². The summed E-state index contributed by atoms with van der Waals surface area (Å²) in [4.78, 5) is 35.8. The number of methoxy groups -OCH3 is 1. The van der Waals surface area contributed by atoms with Crippen LogP contribution in [-0.2, 0) is 4.79 Å². The average molecular weight is 346 g/mol. The average Bonchev–Trinajstić information content (AvgIpc) is 2.90. The van der Waals surface area contributed by atoms with Gasteiger partial charge in [-0.05, 0) is 31.5 Å². The summed E-state index contributed by atoms with van der Waals surface area (Å²) >= 11 is 0. The minimum Gasteiger partial charge on any atom is -0.497 e. The van der Waals surface area contributed by atoms with E-state index in [4.69, 9.17) is 4.74 Å². The summed E-state index contributed by atoms with van der Waals surface area (Å²) < 4.78 is 6.61. The molecular weight excluding hydrogens is 328 g/mol. The van der Waals surface area contributed by atoms with E-state index in [1.54, 1.807) is 24.3 Å². The van der Waals surface area contributed by atoms with Crippen LogP contribution in [0.25, 0.3) is 0 Å². The maximum atomic E-state index is 12.5. The second-order valence-corrected chi connectivity index (χ2v) is 6.14. The Hall–Kier alpha value is -3.10. The van der Waals surface area contributed by atoms with Crippen LogP contribution in [-0.4, -0.2) is 33.8 Å². The molecule has 2 N–H and O–H groups in total. The quantitative estimate of drug-likeness (QED) is 0.642. The van der Waals surface area contributed by atoms with E-state index in [9.17, 15) is 19.7 Å². The predicted molar refractivity (Wildman–Crippen MR) is 89.7 cm³/mol. The van der Waals surface area contributed by atoms with Crippen molar-refractivity contribution in [3.63, 3.8) is 0 Å². The molecule has 0 bridgehead atoms. The van der Waals surface area contributed by atoms with Gasteiger partial charge in [-0.1, -0.05) is 12.1 Å². The van der Waals surface area contributed by atoms with Gasteiger partial charge in [0.2, 0.25) is 0 Å². The van der Waals surface area contributed by atoms with E-state index in [1.807, 2.05) is 13.8 Å². The number of amides is 1. The van der Waals surface area contributed by atoms with Crippen molar-refractivity contribution >= 4 is 11.7 Å². The minimum absolute atomic E-state index is 0.125. The number of benzene rings is 1. The first-order valence-corrected chi connectivity index (χ1v) is 7.77. The number of anilines is 1. The summed E-state index contributed by atoms with van der Waals surface area (Å²) in [6.07, 6.45) is 0. The van der Waals surface area contributed by atoms with E-state index in [1.165, 1.54) is 11.8 Å². The number of nitro groups is 1. The van der Waals surface area contributed by atoms with Gasteiger partial charge in [0.1, 0.15) is 11.6 Å². The molecule has 2 atom stereocenters. The van der Waals surface area contributed by atoms with Crippen LogP contribution in [0.15, 0.2) is 29.1 Å². The Kier molecular flexibility index (Phi) is 4.07. The summed E-state index contributed by atoms with van der Waals surface area (Å²) in [5.74, 6) is -0.861. The van der Waals surface area contributed by atoms with Crippen LogP contribution >= 0.6 is 0 Å². The highest BCUT2D eigenvalue weighted by molar-refractivity contribution is 5.97. The molecule has 2 heterocycles. The van der Waals surface area contributed by atoms with Gasteiger partial charge in [-0.15, -0.1) is 0 Å². The highest BCUT2D eigenvalue weighted by Gasteiger charge is 2.48. The molecule has 1 amide bonds. The third kappa shape index (κ3) is 2.67. The molecular formula is C16H18N4O5. The molecule has 3 rings (SSSR count). The second-order valence-electron chi connectivity index (χ2n) is 6.14. The first kappa shape index (κ1) is 16.7. The predicted octanol–water partition coefficient (Wildman–Crippen LogP) is 1.50. The standard InChI is InChI=1S/C16H18N4O5/c1-8(2)19-14-12(15(21)18-19)11(13(20(23)24)16(22)17-14)9-4-6-10(25-3)7-5-9/h4-8,11,13H,1-3H3,(H,17,22)(H,18,21)/t11-,13-/m0/s1. The van der Waals surface area contributed by atoms with Crippen molar-refractivity contribution < 1.29 is 14.5 Å². The van der Waals surface area contributed by atoms with Crippen LogP contribution in [0, 0.1) is 10.1 Å². The number of carbonyl (C=O) groups excluding carboxylic acids is 1. The first-order chi connectivity index (χ1) is 11.8. The number of aromatic amines is 1. The summed E-state index contributed by atoms with van der Waals surface area (Å²) in [5.41, 5.74) is 0.252. The molecule has 0 saturated carbocycles. The van der Waals surface area contributed by atoms with Gasteiger partial charge in [0.25, 0.3) is 5.56 Å². The number of rotatable bonds is 4. The van der Waals surface area contributed by atoms with Crippen molar-refractivity contribution in [3.05, 3.63) is 55.9 Å². The number of hydrogen-bond acceptors (Lipinski definition) is 5. The van der Waals surface area contributed by atoms with Crippen molar-refractivity contribution in [2.45, 2.75) is 31.8 Å². The van der Waals surface area contributed by atoms with Gasteiger partial charge in [-0.3, -0.25) is 29.5 Å². The Morgan fingerprint density at radius 1 is 1.24 bits per heavy atom. The first-order valence-electron chi connectivity index (χ1n) is 7.77. The largest absolute Gasteiger partial charge is 0.497 e. The van der Waals surface area contributed by atoms with Crippen molar-refractivity contribution in [3.8, 4) is 5.75 Å². The lowest BCUT2D eigenvalue weighted by Crippen LogP contribution is -2.45. The van der Waals surface area contributed by atoms with Crippen LogP contribution in [0.4, 0.5) is 5.82 Å². The number of ether oxygens (including phenoxy) is 1. The lowest BCUT2D eigenvalue weighted by atomic mass is 9.83. The lowest BCUT2D eigenvalue weighted by Gasteiger charge is -2.26. The number of fused-ring (bicyclic) bond motifs is 1. The van der Waals surface area contributed by atoms with Crippen molar-refractivity contribution in [2.75, 3.05) is 12.4 Å². The van der Waals surface area contributed by atoms with Crippen LogP contribution in [0.3, 0.4) is 0 Å². The fraction of sp³-hybridized carbons (Fsp3) is 0.375. The summed E-state index contributed by atoms with van der Waals surface area (Å²) in [6, 6.07) is 4.85. The lowest BCUT2D eigenvalue weighted by molar-refractivity contribution is -0.509. The molecule has 1 aromatic heterocycles. The zero-order valence-corrected chi connectivity index (χ0v) is 14.0. The molecule has 1 aliphatic rings.